The molecule has 2 aromatic carbocycles. The Bertz CT molecular complexity index is 1890. The van der Waals surface area contributed by atoms with E-state index in [1.807, 2.05) is 24.3 Å². The van der Waals surface area contributed by atoms with E-state index in [-0.39, 0.29) is 29.8 Å². The molecule has 14 heteroatoms. The first-order chi connectivity index (χ1) is 24.2. The Morgan fingerprint density at radius 2 is 1.74 bits per heavy atom. The van der Waals surface area contributed by atoms with Gasteiger partial charge in [0.15, 0.2) is 0 Å². The number of pyridine rings is 1. The number of nitrogens with one attached hydrogen (secondary N) is 5. The number of aromatic nitrogens is 3. The Morgan fingerprint density at radius 3 is 2.42 bits per heavy atom. The van der Waals surface area contributed by atoms with Gasteiger partial charge in [-0.15, -0.1) is 0 Å². The predicted molar refractivity (Wildman–Crippen MR) is 189 cm³/mol. The number of hydrogen-bond acceptors (Lipinski definition) is 10. The normalized spacial score (nSPS) is 17.1. The number of H-pyrrole nitrogens is 1. The number of carbonyl (C=O) groups excluding carboxylic acids is 3. The Labute approximate surface area is 289 Å². The molecule has 0 radical (unpaired) electrons. The smallest absolute Gasteiger partial charge is 0.276 e. The number of imide groups is 1. The third-order valence-corrected chi connectivity index (χ3v) is 9.59. The molecular formula is C36H44N8O6. The van der Waals surface area contributed by atoms with Crippen LogP contribution in [0, 0.1) is 0 Å². The fraction of sp³-hybridized carbons (Fsp3) is 0.417. The number of benzene rings is 2. The van der Waals surface area contributed by atoms with Gasteiger partial charge in [-0.2, -0.15) is 5.10 Å². The minimum absolute atomic E-state index is 0.0898. The van der Waals surface area contributed by atoms with Crippen LogP contribution in [0.2, 0.25) is 0 Å². The van der Waals surface area contributed by atoms with Crippen LogP contribution in [0.25, 0.3) is 22.0 Å². The fourth-order valence-electron chi connectivity index (χ4n) is 6.79. The maximum atomic E-state index is 12.7. The van der Waals surface area contributed by atoms with Gasteiger partial charge in [0.25, 0.3) is 5.56 Å². The molecule has 3 amide bonds. The van der Waals surface area contributed by atoms with Crippen LogP contribution < -0.4 is 36.3 Å². The second kappa shape index (κ2) is 15.6. The van der Waals surface area contributed by atoms with Gasteiger partial charge in [0.2, 0.25) is 17.7 Å². The van der Waals surface area contributed by atoms with Crippen LogP contribution >= 0.6 is 0 Å². The van der Waals surface area contributed by atoms with Crippen molar-refractivity contribution in [2.45, 2.75) is 44.2 Å². The zero-order valence-corrected chi connectivity index (χ0v) is 28.6. The lowest BCUT2D eigenvalue weighted by Gasteiger charge is -2.32. The van der Waals surface area contributed by atoms with Gasteiger partial charge in [-0.25, -0.2) is 0 Å². The Balaban J connectivity index is 0.939. The monoisotopic (exact) mass is 684 g/mol. The average Bonchev–Trinajstić information content (AvgIpc) is 3.62. The van der Waals surface area contributed by atoms with Crippen molar-refractivity contribution < 1.29 is 23.9 Å². The van der Waals surface area contributed by atoms with E-state index in [9.17, 15) is 19.2 Å². The van der Waals surface area contributed by atoms with Gasteiger partial charge in [-0.1, -0.05) is 12.1 Å². The molecule has 4 aromatic rings. The molecule has 5 N–H and O–H groups in total. The van der Waals surface area contributed by atoms with Crippen molar-refractivity contribution in [3.63, 3.8) is 0 Å². The van der Waals surface area contributed by atoms with Crippen molar-refractivity contribution in [3.05, 3.63) is 70.3 Å². The minimum atomic E-state index is -0.391. The number of anilines is 1. The highest BCUT2D eigenvalue weighted by molar-refractivity contribution is 6.01. The zero-order chi connectivity index (χ0) is 35.2. The molecule has 4 heterocycles. The topological polar surface area (TPSA) is 172 Å². The predicted octanol–water partition coefficient (Wildman–Crippen LogP) is 2.25. The third-order valence-electron chi connectivity index (χ3n) is 9.59. The SMILES string of the molecule is COc1cc(-c2cn(C)c(=O)c3[nH]ncc23)cc(OC)c1CNCC(=O)NCCN1CCC(c2ccc(NC3CCC(=O)NC3=O)cc2)CC1. The summed E-state index contributed by atoms with van der Waals surface area (Å²) >= 11 is 0. The summed E-state index contributed by atoms with van der Waals surface area (Å²) in [5.41, 5.74) is 4.82. The number of aromatic amines is 1. The van der Waals surface area contributed by atoms with Crippen molar-refractivity contribution >= 4 is 34.3 Å². The lowest BCUT2D eigenvalue weighted by atomic mass is 9.89. The minimum Gasteiger partial charge on any atom is -0.496 e. The van der Waals surface area contributed by atoms with Gasteiger partial charge in [-0.05, 0) is 73.7 Å². The van der Waals surface area contributed by atoms with Gasteiger partial charge >= 0.3 is 0 Å². The van der Waals surface area contributed by atoms with Crippen molar-refractivity contribution in [3.8, 4) is 22.6 Å². The molecule has 2 saturated heterocycles. The van der Waals surface area contributed by atoms with Gasteiger partial charge in [0.1, 0.15) is 23.1 Å². The van der Waals surface area contributed by atoms with Crippen LogP contribution in [0.1, 0.15) is 42.7 Å². The largest absolute Gasteiger partial charge is 0.496 e. The number of carbonyl (C=O) groups is 3. The number of methoxy groups -OCH3 is 2. The summed E-state index contributed by atoms with van der Waals surface area (Å²) in [4.78, 5) is 51.0. The van der Waals surface area contributed by atoms with Gasteiger partial charge in [-0.3, -0.25) is 29.6 Å². The second-order valence-electron chi connectivity index (χ2n) is 12.8. The molecule has 0 spiro atoms. The van der Waals surface area contributed by atoms with Crippen LogP contribution in [-0.4, -0.2) is 90.4 Å². The number of amides is 3. The highest BCUT2D eigenvalue weighted by Gasteiger charge is 2.27. The molecular weight excluding hydrogens is 640 g/mol. The molecule has 2 aliphatic heterocycles. The van der Waals surface area contributed by atoms with Crippen LogP contribution in [0.15, 0.2) is 53.6 Å². The molecule has 2 fully saturated rings. The first kappa shape index (κ1) is 34.6. The van der Waals surface area contributed by atoms with E-state index in [1.54, 1.807) is 33.7 Å². The Morgan fingerprint density at radius 1 is 1.02 bits per heavy atom. The van der Waals surface area contributed by atoms with E-state index in [1.165, 1.54) is 10.1 Å². The number of nitrogens with zero attached hydrogens (tertiary/aromatic N) is 3. The molecule has 0 aliphatic carbocycles. The second-order valence-corrected chi connectivity index (χ2v) is 12.8. The quantitative estimate of drug-likeness (QED) is 0.132. The highest BCUT2D eigenvalue weighted by Crippen LogP contribution is 2.37. The van der Waals surface area contributed by atoms with Crippen molar-refractivity contribution in [1.82, 2.24) is 35.6 Å². The molecule has 1 atom stereocenters. The summed E-state index contributed by atoms with van der Waals surface area (Å²) < 4.78 is 13.0. The van der Waals surface area contributed by atoms with E-state index >= 15 is 0 Å². The summed E-state index contributed by atoms with van der Waals surface area (Å²) in [6, 6.07) is 11.6. The van der Waals surface area contributed by atoms with Crippen LogP contribution in [0.4, 0.5) is 5.69 Å². The molecule has 2 aromatic heterocycles. The summed E-state index contributed by atoms with van der Waals surface area (Å²) in [6.07, 6.45) is 6.32. The van der Waals surface area contributed by atoms with E-state index in [0.717, 1.165) is 54.9 Å². The first-order valence-electron chi connectivity index (χ1n) is 16.9. The standard InChI is InChI=1S/C36H44N8O6/c1-43-21-28(26-19-39-42-34(26)36(43)48)24-16-30(49-2)27(31(17-24)50-3)18-37-20-33(46)38-12-15-44-13-10-23(11-14-44)22-4-6-25(7-5-22)40-29-8-9-32(45)41-35(29)47/h4-7,16-17,19,21,23,29,37,40H,8-15,18,20H2,1-3H3,(H,38,46)(H,39,42)(H,41,45,47). The Kier molecular flexibility index (Phi) is 10.8. The molecule has 0 saturated carbocycles. The molecule has 14 nitrogen and oxygen atoms in total. The summed E-state index contributed by atoms with van der Waals surface area (Å²) in [6.45, 7) is 3.75. The van der Waals surface area contributed by atoms with E-state index < -0.39 is 6.04 Å². The highest BCUT2D eigenvalue weighted by atomic mass is 16.5. The van der Waals surface area contributed by atoms with Crippen LogP contribution in [0.3, 0.4) is 0 Å². The van der Waals surface area contributed by atoms with E-state index in [0.29, 0.717) is 54.3 Å². The molecule has 0 bridgehead atoms. The van der Waals surface area contributed by atoms with Gasteiger partial charge in [0, 0.05) is 61.5 Å². The summed E-state index contributed by atoms with van der Waals surface area (Å²) in [5, 5.41) is 19.4. The zero-order valence-electron chi connectivity index (χ0n) is 28.6. The van der Waals surface area contributed by atoms with E-state index in [2.05, 4.69) is 48.5 Å². The van der Waals surface area contributed by atoms with Crippen molar-refractivity contribution in [1.29, 1.82) is 0 Å². The molecule has 1 unspecified atom stereocenters. The molecule has 50 heavy (non-hydrogen) atoms. The fourth-order valence-corrected chi connectivity index (χ4v) is 6.79. The van der Waals surface area contributed by atoms with Crippen LogP contribution in [0.5, 0.6) is 11.5 Å². The van der Waals surface area contributed by atoms with Crippen LogP contribution in [-0.2, 0) is 28.0 Å². The van der Waals surface area contributed by atoms with Crippen molar-refractivity contribution in [2.75, 3.05) is 52.3 Å². The lowest BCUT2D eigenvalue weighted by Crippen LogP contribution is -2.47. The number of aryl methyl sites for hydroxylation is 1. The van der Waals surface area contributed by atoms with Crippen molar-refractivity contribution in [2.24, 2.45) is 7.05 Å². The molecule has 264 valence electrons. The number of fused-ring (bicyclic) bond motifs is 1. The average molecular weight is 685 g/mol. The Hall–Kier alpha value is -5.21. The third kappa shape index (κ3) is 7.81. The molecule has 2 aliphatic rings. The summed E-state index contributed by atoms with van der Waals surface area (Å²) in [7, 11) is 4.87. The van der Waals surface area contributed by atoms with Gasteiger partial charge in [0.05, 0.1) is 27.0 Å². The summed E-state index contributed by atoms with van der Waals surface area (Å²) in [5.74, 6) is 1.08. The number of likely N-dealkylation sites (tertiary alicyclic amines) is 1. The van der Waals surface area contributed by atoms with E-state index in [4.69, 9.17) is 9.47 Å². The maximum Gasteiger partial charge on any atom is 0.276 e. The van der Waals surface area contributed by atoms with Gasteiger partial charge < -0.3 is 34.9 Å². The first-order valence-corrected chi connectivity index (χ1v) is 16.9. The number of hydrogen-bond donors (Lipinski definition) is 5. The number of piperidine rings is 2. The molecule has 6 rings (SSSR count). The maximum absolute atomic E-state index is 12.7. The number of ether oxygens (including phenoxy) is 2. The lowest BCUT2D eigenvalue weighted by molar-refractivity contribution is -0.133. The number of rotatable bonds is 13.